The minimum absolute atomic E-state index is 0.194. The molecule has 0 fully saturated rings. The summed E-state index contributed by atoms with van der Waals surface area (Å²) in [5.74, 6) is -1.43. The monoisotopic (exact) mass is 449 g/mol. The molecule has 7 nitrogen and oxygen atoms in total. The van der Waals surface area contributed by atoms with E-state index < -0.39 is 17.8 Å². The van der Waals surface area contributed by atoms with E-state index in [0.29, 0.717) is 24.2 Å². The van der Waals surface area contributed by atoms with Gasteiger partial charge in [-0.05, 0) is 55.3 Å². The number of fused-ring (bicyclic) bond motifs is 1. The summed E-state index contributed by atoms with van der Waals surface area (Å²) in [5.41, 5.74) is 2.47. The molecule has 3 N–H and O–H groups in total. The van der Waals surface area contributed by atoms with Crippen LogP contribution in [0.15, 0.2) is 71.4 Å². The van der Waals surface area contributed by atoms with E-state index in [1.54, 1.807) is 18.2 Å². The first-order chi connectivity index (χ1) is 15.4. The van der Waals surface area contributed by atoms with Gasteiger partial charge in [-0.25, -0.2) is 4.79 Å². The van der Waals surface area contributed by atoms with E-state index >= 15 is 0 Å². The highest BCUT2D eigenvalue weighted by atomic mass is 35.5. The second-order valence-electron chi connectivity index (χ2n) is 7.24. The summed E-state index contributed by atoms with van der Waals surface area (Å²) in [5, 5.41) is 7.18. The number of amides is 2. The summed E-state index contributed by atoms with van der Waals surface area (Å²) in [7, 11) is 1.26. The Morgan fingerprint density at radius 3 is 2.50 bits per heavy atom. The summed E-state index contributed by atoms with van der Waals surface area (Å²) >= 11 is 5.98. The lowest BCUT2D eigenvalue weighted by molar-refractivity contribution is 0.0600. The van der Waals surface area contributed by atoms with Crippen LogP contribution in [0.3, 0.4) is 0 Å². The number of para-hydroxylation sites is 1. The SMILES string of the molecule is COC(=O)c1ccc(C(=O)NC2=CC=C(Cl)CC2)c(NC(=O)c2cc3ccccc3[nH]2)c1. The molecule has 162 valence electrons. The number of H-pyrrole nitrogens is 1. The van der Waals surface area contributed by atoms with Gasteiger partial charge in [0.2, 0.25) is 0 Å². The molecule has 4 rings (SSSR count). The predicted octanol–water partition coefficient (Wildman–Crippen LogP) is 4.74. The first-order valence-electron chi connectivity index (χ1n) is 9.92. The number of carbonyl (C=O) groups excluding carboxylic acids is 3. The topological polar surface area (TPSA) is 100 Å². The van der Waals surface area contributed by atoms with E-state index in [-0.39, 0.29) is 16.8 Å². The Morgan fingerprint density at radius 2 is 1.78 bits per heavy atom. The molecule has 3 aromatic rings. The third-order valence-corrected chi connectivity index (χ3v) is 5.40. The van der Waals surface area contributed by atoms with Crippen molar-refractivity contribution in [2.24, 2.45) is 0 Å². The number of hydrogen-bond acceptors (Lipinski definition) is 4. The Labute approximate surface area is 189 Å². The molecule has 0 aliphatic heterocycles. The molecular weight excluding hydrogens is 430 g/mol. The molecule has 0 saturated heterocycles. The van der Waals surface area contributed by atoms with E-state index in [0.717, 1.165) is 15.9 Å². The number of methoxy groups -OCH3 is 1. The lowest BCUT2D eigenvalue weighted by Gasteiger charge is -2.15. The normalized spacial score (nSPS) is 13.2. The molecule has 8 heteroatoms. The van der Waals surface area contributed by atoms with Crippen LogP contribution in [0.5, 0.6) is 0 Å². The number of nitrogens with one attached hydrogen (secondary N) is 3. The number of halogens is 1. The number of aromatic amines is 1. The van der Waals surface area contributed by atoms with Crippen molar-refractivity contribution in [2.45, 2.75) is 12.8 Å². The molecule has 0 unspecified atom stereocenters. The number of carbonyl (C=O) groups is 3. The Kier molecular flexibility index (Phi) is 6.09. The molecule has 2 aromatic carbocycles. The largest absolute Gasteiger partial charge is 0.465 e. The zero-order valence-corrected chi connectivity index (χ0v) is 18.0. The number of ether oxygens (including phenoxy) is 1. The lowest BCUT2D eigenvalue weighted by Crippen LogP contribution is -2.25. The van der Waals surface area contributed by atoms with Crippen molar-refractivity contribution in [1.82, 2.24) is 10.3 Å². The van der Waals surface area contributed by atoms with Crippen LogP contribution in [0.2, 0.25) is 0 Å². The van der Waals surface area contributed by atoms with Crippen LogP contribution in [0.25, 0.3) is 10.9 Å². The molecule has 0 atom stereocenters. The number of allylic oxidation sites excluding steroid dienone is 4. The maximum absolute atomic E-state index is 12.9. The molecule has 1 aromatic heterocycles. The minimum atomic E-state index is -0.576. The highest BCUT2D eigenvalue weighted by Gasteiger charge is 2.19. The van der Waals surface area contributed by atoms with Crippen molar-refractivity contribution in [3.05, 3.63) is 88.2 Å². The van der Waals surface area contributed by atoms with Crippen molar-refractivity contribution in [2.75, 3.05) is 12.4 Å². The van der Waals surface area contributed by atoms with Crippen molar-refractivity contribution < 1.29 is 19.1 Å². The van der Waals surface area contributed by atoms with Gasteiger partial charge in [-0.15, -0.1) is 0 Å². The van der Waals surface area contributed by atoms with Crippen LogP contribution >= 0.6 is 11.6 Å². The summed E-state index contributed by atoms with van der Waals surface area (Å²) in [4.78, 5) is 40.9. The molecule has 2 amide bonds. The van der Waals surface area contributed by atoms with Gasteiger partial charge in [0.25, 0.3) is 11.8 Å². The van der Waals surface area contributed by atoms with Gasteiger partial charge in [0.15, 0.2) is 0 Å². The van der Waals surface area contributed by atoms with Gasteiger partial charge in [0, 0.05) is 21.6 Å². The van der Waals surface area contributed by atoms with Gasteiger partial charge in [-0.3, -0.25) is 9.59 Å². The summed E-state index contributed by atoms with van der Waals surface area (Å²) in [6.45, 7) is 0. The Hall–Kier alpha value is -3.84. The number of benzene rings is 2. The Morgan fingerprint density at radius 1 is 0.969 bits per heavy atom. The van der Waals surface area contributed by atoms with Crippen LogP contribution in [-0.2, 0) is 4.74 Å². The predicted molar refractivity (Wildman–Crippen MR) is 123 cm³/mol. The molecule has 1 aliphatic carbocycles. The zero-order valence-electron chi connectivity index (χ0n) is 17.2. The number of esters is 1. The quantitative estimate of drug-likeness (QED) is 0.490. The molecule has 0 bridgehead atoms. The van der Waals surface area contributed by atoms with Gasteiger partial charge in [-0.1, -0.05) is 29.8 Å². The third kappa shape index (κ3) is 4.58. The third-order valence-electron chi connectivity index (χ3n) is 5.08. The summed E-state index contributed by atoms with van der Waals surface area (Å²) in [6, 6.07) is 13.6. The maximum Gasteiger partial charge on any atom is 0.337 e. The number of hydrogen-bond donors (Lipinski definition) is 3. The average Bonchev–Trinajstić information content (AvgIpc) is 3.24. The molecule has 1 heterocycles. The van der Waals surface area contributed by atoms with Crippen molar-refractivity contribution in [1.29, 1.82) is 0 Å². The molecular formula is C24H20ClN3O4. The fourth-order valence-electron chi connectivity index (χ4n) is 3.40. The summed E-state index contributed by atoms with van der Waals surface area (Å²) < 4.78 is 4.77. The van der Waals surface area contributed by atoms with E-state index in [4.69, 9.17) is 16.3 Å². The van der Waals surface area contributed by atoms with Crippen LogP contribution in [0.4, 0.5) is 5.69 Å². The zero-order chi connectivity index (χ0) is 22.7. The smallest absolute Gasteiger partial charge is 0.337 e. The van der Waals surface area contributed by atoms with E-state index in [1.165, 1.54) is 25.3 Å². The fourth-order valence-corrected chi connectivity index (χ4v) is 3.56. The van der Waals surface area contributed by atoms with Crippen LogP contribution in [-0.4, -0.2) is 29.9 Å². The van der Waals surface area contributed by atoms with Crippen LogP contribution < -0.4 is 10.6 Å². The molecule has 32 heavy (non-hydrogen) atoms. The first kappa shape index (κ1) is 21.4. The second-order valence-corrected chi connectivity index (χ2v) is 7.72. The van der Waals surface area contributed by atoms with Crippen molar-refractivity contribution in [3.8, 4) is 0 Å². The van der Waals surface area contributed by atoms with Crippen molar-refractivity contribution >= 4 is 46.0 Å². The molecule has 0 radical (unpaired) electrons. The van der Waals surface area contributed by atoms with Crippen molar-refractivity contribution in [3.63, 3.8) is 0 Å². The number of anilines is 1. The van der Waals surface area contributed by atoms with E-state index in [2.05, 4.69) is 15.6 Å². The standard InChI is InChI=1S/C24H20ClN3O4/c1-32-24(31)15-6-11-18(22(29)26-17-9-7-16(25)8-10-17)20(13-15)28-23(30)21-12-14-4-2-3-5-19(14)27-21/h2-7,9,11-13,27H,8,10H2,1H3,(H,26,29)(H,28,30). The highest BCUT2D eigenvalue weighted by Crippen LogP contribution is 2.23. The average molecular weight is 450 g/mol. The van der Waals surface area contributed by atoms with Crippen LogP contribution in [0, 0.1) is 0 Å². The maximum atomic E-state index is 12.9. The molecule has 0 spiro atoms. The molecule has 0 saturated carbocycles. The van der Waals surface area contributed by atoms with Gasteiger partial charge in [0.05, 0.1) is 23.9 Å². The Balaban J connectivity index is 1.64. The Bertz CT molecular complexity index is 1260. The lowest BCUT2D eigenvalue weighted by atomic mass is 10.1. The number of rotatable bonds is 5. The minimum Gasteiger partial charge on any atom is -0.465 e. The highest BCUT2D eigenvalue weighted by molar-refractivity contribution is 6.29. The van der Waals surface area contributed by atoms with E-state index in [9.17, 15) is 14.4 Å². The number of aromatic nitrogens is 1. The van der Waals surface area contributed by atoms with Gasteiger partial charge in [0.1, 0.15) is 5.69 Å². The molecule has 1 aliphatic rings. The summed E-state index contributed by atoms with van der Waals surface area (Å²) in [6.07, 6.45) is 4.71. The van der Waals surface area contributed by atoms with E-state index in [1.807, 2.05) is 24.3 Å². The first-order valence-corrected chi connectivity index (χ1v) is 10.3. The van der Waals surface area contributed by atoms with Gasteiger partial charge in [-0.2, -0.15) is 0 Å². The van der Waals surface area contributed by atoms with Gasteiger partial charge >= 0.3 is 5.97 Å². The second kappa shape index (κ2) is 9.11. The van der Waals surface area contributed by atoms with Gasteiger partial charge < -0.3 is 20.4 Å². The fraction of sp³-hybridized carbons (Fsp3) is 0.125. The van der Waals surface area contributed by atoms with Crippen LogP contribution in [0.1, 0.15) is 44.0 Å².